The normalized spacial score (nSPS) is 10.8. The van der Waals surface area contributed by atoms with Crippen molar-refractivity contribution in [3.8, 4) is 24.3 Å². The molecule has 0 unspecified atom stereocenters. The Morgan fingerprint density at radius 3 is 1.35 bits per heavy atom. The number of fused-ring (bicyclic) bond motifs is 11. The number of nitrogens with zero attached hydrogens (tertiary/aromatic N) is 6. The zero-order chi connectivity index (χ0) is 23.4. The predicted octanol–water partition coefficient (Wildman–Crippen LogP) is 5.73. The number of hydrogen-bond donors (Lipinski definition) is 0. The minimum Gasteiger partial charge on any atom is -0.252 e. The number of aromatic nitrogens is 2. The SMILES string of the molecule is N#Cc1c(C#N)c(C#N)c2c(c1C#N)c1nccnc1c1c3ccccc3c3ccccc3c21. The third-order valence-electron chi connectivity index (χ3n) is 6.30. The van der Waals surface area contributed by atoms with E-state index in [1.165, 1.54) is 6.20 Å². The van der Waals surface area contributed by atoms with Crippen molar-refractivity contribution in [2.45, 2.75) is 0 Å². The van der Waals surface area contributed by atoms with Gasteiger partial charge in [0.2, 0.25) is 0 Å². The Hall–Kier alpha value is -5.56. The first-order valence-corrected chi connectivity index (χ1v) is 10.3. The second-order valence-corrected chi connectivity index (χ2v) is 7.79. The Labute approximate surface area is 192 Å². The largest absolute Gasteiger partial charge is 0.252 e. The lowest BCUT2D eigenvalue weighted by atomic mass is 9.84. The molecule has 5 aromatic carbocycles. The molecule has 0 aliphatic carbocycles. The molecule has 6 rings (SSSR count). The quantitative estimate of drug-likeness (QED) is 0.284. The second-order valence-electron chi connectivity index (χ2n) is 7.79. The van der Waals surface area contributed by atoms with Gasteiger partial charge in [0.05, 0.1) is 33.3 Å². The maximum atomic E-state index is 10.2. The van der Waals surface area contributed by atoms with E-state index in [1.807, 2.05) is 60.7 Å². The average molecular weight is 430 g/mol. The van der Waals surface area contributed by atoms with Crippen molar-refractivity contribution < 1.29 is 0 Å². The van der Waals surface area contributed by atoms with Crippen molar-refractivity contribution in [2.24, 2.45) is 0 Å². The van der Waals surface area contributed by atoms with Crippen LogP contribution in [0.3, 0.4) is 0 Å². The van der Waals surface area contributed by atoms with E-state index in [4.69, 9.17) is 0 Å². The van der Waals surface area contributed by atoms with E-state index in [-0.39, 0.29) is 22.3 Å². The van der Waals surface area contributed by atoms with E-state index >= 15 is 0 Å². The molecule has 0 atom stereocenters. The summed E-state index contributed by atoms with van der Waals surface area (Å²) in [6.45, 7) is 0. The Morgan fingerprint density at radius 1 is 0.441 bits per heavy atom. The lowest BCUT2D eigenvalue weighted by Crippen LogP contribution is -2.01. The van der Waals surface area contributed by atoms with Crippen LogP contribution in [-0.2, 0) is 0 Å². The highest BCUT2D eigenvalue weighted by Gasteiger charge is 2.26. The molecule has 0 saturated heterocycles. The summed E-state index contributed by atoms with van der Waals surface area (Å²) in [6, 6.07) is 24.0. The van der Waals surface area contributed by atoms with Gasteiger partial charge in [0.25, 0.3) is 0 Å². The van der Waals surface area contributed by atoms with Crippen molar-refractivity contribution in [3.63, 3.8) is 0 Å². The first-order valence-electron chi connectivity index (χ1n) is 10.3. The van der Waals surface area contributed by atoms with Crippen molar-refractivity contribution in [3.05, 3.63) is 83.2 Å². The van der Waals surface area contributed by atoms with Gasteiger partial charge in [-0.1, -0.05) is 48.5 Å². The number of rotatable bonds is 0. The van der Waals surface area contributed by atoms with Crippen LogP contribution in [0.2, 0.25) is 0 Å². The van der Waals surface area contributed by atoms with Gasteiger partial charge in [-0.15, -0.1) is 0 Å². The van der Waals surface area contributed by atoms with Crippen molar-refractivity contribution in [2.75, 3.05) is 0 Å². The Balaban J connectivity index is 2.19. The molecule has 1 aromatic heterocycles. The molecule has 0 fully saturated rings. The van der Waals surface area contributed by atoms with E-state index in [9.17, 15) is 21.0 Å². The number of benzene rings is 5. The zero-order valence-corrected chi connectivity index (χ0v) is 17.5. The third kappa shape index (κ3) is 2.24. The summed E-state index contributed by atoms with van der Waals surface area (Å²) in [5, 5.41) is 46.2. The molecule has 0 N–H and O–H groups in total. The van der Waals surface area contributed by atoms with Crippen LogP contribution in [0, 0.1) is 45.3 Å². The summed E-state index contributed by atoms with van der Waals surface area (Å²) in [4.78, 5) is 9.19. The third-order valence-corrected chi connectivity index (χ3v) is 6.30. The molecule has 6 aromatic rings. The Morgan fingerprint density at radius 2 is 0.853 bits per heavy atom. The fourth-order valence-corrected chi connectivity index (χ4v) is 5.03. The predicted molar refractivity (Wildman–Crippen MR) is 128 cm³/mol. The highest BCUT2D eigenvalue weighted by atomic mass is 14.8. The molecule has 6 heteroatoms. The summed E-state index contributed by atoms with van der Waals surface area (Å²) in [5.74, 6) is 0. The molecule has 0 bridgehead atoms. The van der Waals surface area contributed by atoms with Gasteiger partial charge in [-0.2, -0.15) is 21.0 Å². The van der Waals surface area contributed by atoms with Crippen LogP contribution >= 0.6 is 0 Å². The van der Waals surface area contributed by atoms with E-state index in [1.54, 1.807) is 6.20 Å². The fourth-order valence-electron chi connectivity index (χ4n) is 5.03. The monoisotopic (exact) mass is 430 g/mol. The van der Waals surface area contributed by atoms with Crippen LogP contribution in [-0.4, -0.2) is 9.97 Å². The molecule has 0 amide bonds. The summed E-state index contributed by atoms with van der Waals surface area (Å²) >= 11 is 0. The van der Waals surface area contributed by atoms with Gasteiger partial charge in [0.1, 0.15) is 24.3 Å². The Bertz CT molecular complexity index is 2060. The van der Waals surface area contributed by atoms with Gasteiger partial charge >= 0.3 is 0 Å². The standard InChI is InChI=1S/C28H10N6/c29-11-19-20(12-30)22(14-32)26-24(21(19)13-31)23-17-7-3-1-5-15(17)16-6-2-4-8-18(16)25(23)27-28(26)34-10-9-33-27/h1-10H. The maximum Gasteiger partial charge on any atom is 0.102 e. The van der Waals surface area contributed by atoms with Gasteiger partial charge in [0, 0.05) is 33.9 Å². The lowest BCUT2D eigenvalue weighted by molar-refractivity contribution is 1.31. The summed E-state index contributed by atoms with van der Waals surface area (Å²) in [7, 11) is 0. The van der Waals surface area contributed by atoms with Gasteiger partial charge < -0.3 is 0 Å². The fraction of sp³-hybridized carbons (Fsp3) is 0. The van der Waals surface area contributed by atoms with Gasteiger partial charge in [-0.3, -0.25) is 9.97 Å². The lowest BCUT2D eigenvalue weighted by Gasteiger charge is -2.17. The smallest absolute Gasteiger partial charge is 0.102 e. The number of nitriles is 4. The van der Waals surface area contributed by atoms with E-state index in [0.29, 0.717) is 27.2 Å². The van der Waals surface area contributed by atoms with E-state index in [2.05, 4.69) is 22.1 Å². The highest BCUT2D eigenvalue weighted by molar-refractivity contribution is 6.39. The van der Waals surface area contributed by atoms with Gasteiger partial charge in [-0.05, 0) is 21.5 Å². The van der Waals surface area contributed by atoms with Crippen LogP contribution in [0.1, 0.15) is 22.3 Å². The minimum atomic E-state index is -0.120. The maximum absolute atomic E-state index is 10.2. The molecule has 152 valence electrons. The molecule has 0 aliphatic rings. The topological polar surface area (TPSA) is 121 Å². The molecular weight excluding hydrogens is 420 g/mol. The van der Waals surface area contributed by atoms with Crippen molar-refractivity contribution in [1.82, 2.24) is 9.97 Å². The first kappa shape index (κ1) is 19.1. The van der Waals surface area contributed by atoms with Crippen LogP contribution in [0.4, 0.5) is 0 Å². The molecule has 6 nitrogen and oxygen atoms in total. The van der Waals surface area contributed by atoms with Crippen molar-refractivity contribution >= 4 is 54.1 Å². The molecule has 34 heavy (non-hydrogen) atoms. The van der Waals surface area contributed by atoms with Crippen LogP contribution in [0.15, 0.2) is 60.9 Å². The van der Waals surface area contributed by atoms with E-state index in [0.717, 1.165) is 26.9 Å². The summed E-state index contributed by atoms with van der Waals surface area (Å²) in [6.07, 6.45) is 3.11. The average Bonchev–Trinajstić information content (AvgIpc) is 2.91. The van der Waals surface area contributed by atoms with Crippen molar-refractivity contribution in [1.29, 1.82) is 21.0 Å². The van der Waals surface area contributed by atoms with Crippen LogP contribution in [0.5, 0.6) is 0 Å². The minimum absolute atomic E-state index is 0.0256. The summed E-state index contributed by atoms with van der Waals surface area (Å²) in [5.41, 5.74) is 0.852. The molecule has 0 aliphatic heterocycles. The zero-order valence-electron chi connectivity index (χ0n) is 17.5. The van der Waals surface area contributed by atoms with Crippen LogP contribution < -0.4 is 0 Å². The van der Waals surface area contributed by atoms with Gasteiger partial charge in [0.15, 0.2) is 0 Å². The Kier molecular flexibility index (Phi) is 3.93. The second kappa shape index (κ2) is 6.98. The highest BCUT2D eigenvalue weighted by Crippen LogP contribution is 2.45. The molecular formula is C28H10N6. The molecule has 0 saturated carbocycles. The first-order chi connectivity index (χ1) is 16.7. The summed E-state index contributed by atoms with van der Waals surface area (Å²) < 4.78 is 0. The van der Waals surface area contributed by atoms with E-state index < -0.39 is 0 Å². The molecule has 0 radical (unpaired) electrons. The van der Waals surface area contributed by atoms with Crippen LogP contribution in [0.25, 0.3) is 54.1 Å². The molecule has 0 spiro atoms. The molecule has 1 heterocycles. The van der Waals surface area contributed by atoms with Gasteiger partial charge in [-0.25, -0.2) is 0 Å². The number of hydrogen-bond acceptors (Lipinski definition) is 6.